The Morgan fingerprint density at radius 2 is 1.15 bits per heavy atom. The fourth-order valence-electron chi connectivity index (χ4n) is 11.9. The molecule has 0 unspecified atom stereocenters. The molecular weight excluding hydrogens is 1340 g/mol. The highest BCUT2D eigenvalue weighted by molar-refractivity contribution is 6.03. The SMILES string of the molecule is C/C=C1\NC(=O)[C@H](Cc2ccccc2)NC(=O)[C@H](C(C)C)NC(=O)[C@@H]([C@@H](C)CC)NC(=O)[C@@H](NC(=O)[C@H](NC(=O)[C@H](CCCN)NC(=O)[C@H]2CCCN2C(=O)[C@H](NC(=O)[C@@H](NC(=O)[C@@H](NC(=O)[C@H](NC(=O)CCCC(C)C)C(C)C)[C@@H](C)O)C(C)C)C(C)C)[C@@H](C)CC)COC(=O)[C@H](C(C)C)NC1=O. The van der Waals surface area contributed by atoms with E-state index < -0.39 is 203 Å². The van der Waals surface area contributed by atoms with Crippen LogP contribution in [0.5, 0.6) is 0 Å². The molecule has 30 nitrogen and oxygen atoms in total. The maximum Gasteiger partial charge on any atom is 0.329 e. The van der Waals surface area contributed by atoms with Gasteiger partial charge in [0.15, 0.2) is 0 Å². The molecule has 0 spiro atoms. The normalized spacial score (nSPS) is 21.9. The number of nitrogens with one attached hydrogen (secondary N) is 12. The van der Waals surface area contributed by atoms with E-state index in [1.54, 1.807) is 127 Å². The maximum atomic E-state index is 14.9. The molecule has 3 rings (SSSR count). The molecule has 0 aromatic heterocycles. The Morgan fingerprint density at radius 1 is 0.606 bits per heavy atom. The molecule has 15 atom stereocenters. The number of aliphatic hydroxyl groups excluding tert-OH is 1. The number of ether oxygens (including phenoxy) is 1. The van der Waals surface area contributed by atoms with Gasteiger partial charge in [0.05, 0.1) is 6.10 Å². The molecule has 2 fully saturated rings. The maximum absolute atomic E-state index is 14.9. The zero-order valence-electron chi connectivity index (χ0n) is 64.4. The Bertz CT molecular complexity index is 3120. The van der Waals surface area contributed by atoms with Crippen LogP contribution in [-0.4, -0.2) is 191 Å². The van der Waals surface area contributed by atoms with Crippen molar-refractivity contribution in [1.82, 2.24) is 68.7 Å². The topological polar surface area (TPSA) is 442 Å². The highest BCUT2D eigenvalue weighted by Gasteiger charge is 2.44. The summed E-state index contributed by atoms with van der Waals surface area (Å²) < 4.78 is 5.75. The number of benzene rings is 1. The van der Waals surface area contributed by atoms with Crippen LogP contribution in [0.2, 0.25) is 0 Å². The molecule has 13 amide bonds. The van der Waals surface area contributed by atoms with Crippen molar-refractivity contribution < 1.29 is 77.0 Å². The van der Waals surface area contributed by atoms with Crippen LogP contribution < -0.4 is 69.5 Å². The van der Waals surface area contributed by atoms with Gasteiger partial charge in [-0.25, -0.2) is 4.79 Å². The number of nitrogens with two attached hydrogens (primary N) is 1. The summed E-state index contributed by atoms with van der Waals surface area (Å²) >= 11 is 0. The predicted molar refractivity (Wildman–Crippen MR) is 391 cm³/mol. The van der Waals surface area contributed by atoms with Crippen molar-refractivity contribution in [2.24, 2.45) is 53.1 Å². The summed E-state index contributed by atoms with van der Waals surface area (Å²) in [6.45, 7) is 29.5. The van der Waals surface area contributed by atoms with Crippen LogP contribution in [0.3, 0.4) is 0 Å². The highest BCUT2D eigenvalue weighted by atomic mass is 16.5. The lowest BCUT2D eigenvalue weighted by atomic mass is 9.95. The number of hydrogen-bond donors (Lipinski definition) is 14. The van der Waals surface area contributed by atoms with Crippen LogP contribution in [0.4, 0.5) is 0 Å². The average Bonchev–Trinajstić information content (AvgIpc) is 0.953. The monoisotopic (exact) mass is 1460 g/mol. The summed E-state index contributed by atoms with van der Waals surface area (Å²) in [5.74, 6) is -15.1. The number of cyclic esters (lactones) is 1. The van der Waals surface area contributed by atoms with Gasteiger partial charge in [0.25, 0.3) is 5.91 Å². The number of hydrogen-bond acceptors (Lipinski definition) is 17. The molecule has 2 aliphatic heterocycles. The van der Waals surface area contributed by atoms with Crippen LogP contribution in [-0.2, 0) is 78.3 Å². The van der Waals surface area contributed by atoms with E-state index in [0.717, 1.165) is 6.42 Å². The van der Waals surface area contributed by atoms with E-state index in [9.17, 15) is 72.2 Å². The van der Waals surface area contributed by atoms with Gasteiger partial charge in [-0.2, -0.15) is 0 Å². The third kappa shape index (κ3) is 27.5. The first kappa shape index (κ1) is 89.7. The molecule has 15 N–H and O–H groups in total. The van der Waals surface area contributed by atoms with E-state index in [4.69, 9.17) is 10.5 Å². The number of likely N-dealkylation sites (tertiary alicyclic amines) is 1. The average molecular weight is 1460 g/mol. The minimum Gasteiger partial charge on any atom is -0.461 e. The number of aliphatic hydroxyl groups is 1. The van der Waals surface area contributed by atoms with E-state index in [-0.39, 0.29) is 63.2 Å². The van der Waals surface area contributed by atoms with E-state index in [2.05, 4.69) is 63.8 Å². The van der Waals surface area contributed by atoms with Gasteiger partial charge in [-0.1, -0.05) is 166 Å². The first-order valence-electron chi connectivity index (χ1n) is 37.0. The third-order valence-corrected chi connectivity index (χ3v) is 18.9. The Labute approximate surface area is 613 Å². The molecule has 2 aliphatic rings. The molecule has 1 aromatic carbocycles. The molecule has 0 bridgehead atoms. The van der Waals surface area contributed by atoms with Crippen LogP contribution in [0.15, 0.2) is 42.1 Å². The van der Waals surface area contributed by atoms with Crippen molar-refractivity contribution in [3.8, 4) is 0 Å². The van der Waals surface area contributed by atoms with Gasteiger partial charge >= 0.3 is 5.97 Å². The number of esters is 1. The van der Waals surface area contributed by atoms with E-state index in [1.807, 2.05) is 13.8 Å². The second-order valence-electron chi connectivity index (χ2n) is 29.7. The first-order valence-corrected chi connectivity index (χ1v) is 37.0. The molecule has 0 saturated carbocycles. The first-order chi connectivity index (χ1) is 48.8. The van der Waals surface area contributed by atoms with Gasteiger partial charge in [0.2, 0.25) is 70.9 Å². The summed E-state index contributed by atoms with van der Waals surface area (Å²) in [4.78, 5) is 201. The molecule has 104 heavy (non-hydrogen) atoms. The van der Waals surface area contributed by atoms with Crippen molar-refractivity contribution in [2.75, 3.05) is 19.7 Å². The van der Waals surface area contributed by atoms with Gasteiger partial charge in [-0.3, -0.25) is 62.3 Å². The van der Waals surface area contributed by atoms with Crippen molar-refractivity contribution >= 4 is 82.8 Å². The van der Waals surface area contributed by atoms with E-state index in [0.29, 0.717) is 30.7 Å². The zero-order chi connectivity index (χ0) is 78.6. The van der Waals surface area contributed by atoms with Gasteiger partial charge in [0, 0.05) is 19.4 Å². The molecule has 584 valence electrons. The summed E-state index contributed by atoms with van der Waals surface area (Å²) in [5.41, 5.74) is 6.33. The smallest absolute Gasteiger partial charge is 0.329 e. The molecular formula is C74H122N14O16. The molecule has 30 heteroatoms. The molecule has 1 aromatic rings. The number of rotatable bonds is 33. The number of allylic oxidation sites excluding steroid dienone is 1. The zero-order valence-corrected chi connectivity index (χ0v) is 64.4. The second kappa shape index (κ2) is 43.7. The Balaban J connectivity index is 1.97. The molecule has 2 heterocycles. The summed E-state index contributed by atoms with van der Waals surface area (Å²) in [7, 11) is 0. The highest BCUT2D eigenvalue weighted by Crippen LogP contribution is 2.23. The van der Waals surface area contributed by atoms with Crippen molar-refractivity contribution in [3.05, 3.63) is 47.7 Å². The lowest BCUT2D eigenvalue weighted by molar-refractivity contribution is -0.151. The number of carbonyl (C=O) groups is 14. The minimum absolute atomic E-state index is 0.0334. The number of amides is 13. The van der Waals surface area contributed by atoms with Crippen molar-refractivity contribution in [2.45, 2.75) is 267 Å². The van der Waals surface area contributed by atoms with Crippen LogP contribution in [0, 0.1) is 47.3 Å². The summed E-state index contributed by atoms with van der Waals surface area (Å²) in [6, 6.07) is -7.58. The van der Waals surface area contributed by atoms with E-state index >= 15 is 0 Å². The quantitative estimate of drug-likeness (QED) is 0.0350. The predicted octanol–water partition coefficient (Wildman–Crippen LogP) is 1.45. The Kier molecular flexibility index (Phi) is 37.7. The number of carbonyl (C=O) groups excluding carboxylic acids is 14. The van der Waals surface area contributed by atoms with Gasteiger partial charge in [0.1, 0.15) is 84.8 Å². The van der Waals surface area contributed by atoms with Crippen LogP contribution in [0.1, 0.15) is 188 Å². The van der Waals surface area contributed by atoms with Gasteiger partial charge in [-0.05, 0) is 105 Å². The van der Waals surface area contributed by atoms with E-state index in [1.165, 1.54) is 24.8 Å². The standard InChI is InChI=1S/C74H122N14O16/c1-19-44(16)59(70(99)79-51-37-104-74(103)58(43(14)15)84-62(91)48(21-3)76-64(93)50(36-47-29-23-22-24-30-47)78-67(96)55(40(8)9)81-71(100)60(45(17)20-2)86-65(51)94)85-63(92)49(31-26-34-75)77-66(95)52-32-27-35-88(52)73(102)57(42(12)13)83-69(98)56(41(10)11)82-72(101)61(46(18)89)87-68(97)54(39(6)7)80-53(90)33-25-28-38(4)5/h21-24,29-30,38-46,49-52,54-61,89H,19-20,25-28,31-37,75H2,1-18H3,(H,76,93)(H,77,95)(H,78,96)(H,79,99)(H,80,90)(H,81,100)(H,82,101)(H,83,98)(H,84,91)(H,85,92)(H,86,94)(H,87,97)/b48-21-/t44-,45-,46+,49-,50-,51-,52+,54+,55-,56-,57+,58-,59+,60+,61-/m0/s1. The summed E-state index contributed by atoms with van der Waals surface area (Å²) in [5, 5.41) is 43.0. The van der Waals surface area contributed by atoms with Gasteiger partial charge < -0.3 is 84.3 Å². The van der Waals surface area contributed by atoms with Crippen molar-refractivity contribution in [3.63, 3.8) is 0 Å². The molecule has 0 aliphatic carbocycles. The minimum atomic E-state index is -1.79. The second-order valence-corrected chi connectivity index (χ2v) is 29.7. The fraction of sp³-hybridized carbons (Fsp3) is 0.703. The Morgan fingerprint density at radius 3 is 1.69 bits per heavy atom. The van der Waals surface area contributed by atoms with Crippen LogP contribution >= 0.6 is 0 Å². The Hall–Kier alpha value is -8.54. The van der Waals surface area contributed by atoms with Crippen molar-refractivity contribution in [1.29, 1.82) is 0 Å². The fourth-order valence-corrected chi connectivity index (χ4v) is 11.9. The molecule has 2 saturated heterocycles. The summed E-state index contributed by atoms with van der Waals surface area (Å²) in [6.07, 6.45) is 2.62. The van der Waals surface area contributed by atoms with Gasteiger partial charge in [-0.15, -0.1) is 0 Å². The third-order valence-electron chi connectivity index (χ3n) is 18.9. The lowest BCUT2D eigenvalue weighted by Gasteiger charge is -2.33. The number of nitrogens with zero attached hydrogens (tertiary/aromatic N) is 1. The largest absolute Gasteiger partial charge is 0.461 e. The van der Waals surface area contributed by atoms with Crippen LogP contribution in [0.25, 0.3) is 0 Å². The lowest BCUT2D eigenvalue weighted by Crippen LogP contribution is -2.63. The molecule has 0 radical (unpaired) electrons.